The Morgan fingerprint density at radius 3 is 2.49 bits per heavy atom. The quantitative estimate of drug-likeness (QED) is 0.209. The summed E-state index contributed by atoms with van der Waals surface area (Å²) in [5.41, 5.74) is 3.59. The summed E-state index contributed by atoms with van der Waals surface area (Å²) in [6, 6.07) is 13.3. The van der Waals surface area contributed by atoms with Crippen LogP contribution in [0.2, 0.25) is 0 Å². The Bertz CT molecular complexity index is 1510. The Morgan fingerprint density at radius 2 is 1.82 bits per heavy atom. The lowest BCUT2D eigenvalue weighted by Crippen LogP contribution is -2.27. The Kier molecular flexibility index (Phi) is 8.49. The minimum absolute atomic E-state index is 0.301. The van der Waals surface area contributed by atoms with Crippen molar-refractivity contribution in [2.24, 2.45) is 0 Å². The molecule has 0 fully saturated rings. The van der Waals surface area contributed by atoms with Crippen LogP contribution in [-0.2, 0) is 28.9 Å². The number of amides is 1. The number of furan rings is 1. The molecule has 0 atom stereocenters. The third-order valence-corrected chi connectivity index (χ3v) is 6.87. The summed E-state index contributed by atoms with van der Waals surface area (Å²) >= 11 is 3.73. The summed E-state index contributed by atoms with van der Waals surface area (Å²) < 4.78 is 19.7. The molecule has 1 amide bonds. The SMILES string of the molecule is CCOC(=O)c1c(CC)nc(CC)n1Cc1ccc2oc(-c3ccccc3NC(=O)OC(C)(C)C)c(Br)c2c1. The molecule has 8 nitrogen and oxygen atoms in total. The van der Waals surface area contributed by atoms with E-state index >= 15 is 0 Å². The van der Waals surface area contributed by atoms with Crippen LogP contribution in [0.15, 0.2) is 51.4 Å². The lowest BCUT2D eigenvalue weighted by molar-refractivity contribution is 0.0511. The van der Waals surface area contributed by atoms with Crippen molar-refractivity contribution in [3.63, 3.8) is 0 Å². The van der Waals surface area contributed by atoms with E-state index in [0.717, 1.165) is 26.9 Å². The molecule has 0 bridgehead atoms. The number of rotatable bonds is 8. The summed E-state index contributed by atoms with van der Waals surface area (Å²) in [6.45, 7) is 12.0. The van der Waals surface area contributed by atoms with E-state index in [-0.39, 0.29) is 5.97 Å². The van der Waals surface area contributed by atoms with Crippen LogP contribution < -0.4 is 5.32 Å². The second-order valence-corrected chi connectivity index (χ2v) is 10.9. The molecule has 0 aliphatic carbocycles. The van der Waals surface area contributed by atoms with Gasteiger partial charge >= 0.3 is 12.1 Å². The summed E-state index contributed by atoms with van der Waals surface area (Å²) in [4.78, 5) is 30.0. The van der Waals surface area contributed by atoms with Gasteiger partial charge in [0.05, 0.1) is 22.5 Å². The van der Waals surface area contributed by atoms with Gasteiger partial charge in [0.1, 0.15) is 17.0 Å². The fourth-order valence-corrected chi connectivity index (χ4v) is 5.05. The van der Waals surface area contributed by atoms with Gasteiger partial charge in [0, 0.05) is 23.9 Å². The molecule has 206 valence electrons. The fraction of sp³-hybridized carbons (Fsp3) is 0.367. The number of imidazole rings is 1. The van der Waals surface area contributed by atoms with Gasteiger partial charge in [0.25, 0.3) is 0 Å². The number of aromatic nitrogens is 2. The van der Waals surface area contributed by atoms with E-state index in [1.165, 1.54) is 0 Å². The van der Waals surface area contributed by atoms with Gasteiger partial charge in [0.15, 0.2) is 11.5 Å². The molecule has 2 aromatic carbocycles. The number of hydrogen-bond acceptors (Lipinski definition) is 6. The standard InChI is InChI=1S/C30H34BrN3O5/c1-7-21-26(28(35)37-9-3)34(24(8-2)32-21)17-18-14-15-23-20(16-18)25(31)27(38-23)19-12-10-11-13-22(19)33-29(36)39-30(4,5)6/h10-16H,7-9,17H2,1-6H3,(H,33,36). The summed E-state index contributed by atoms with van der Waals surface area (Å²) in [5.74, 6) is 1.07. The lowest BCUT2D eigenvalue weighted by atomic mass is 10.1. The fourth-order valence-electron chi connectivity index (χ4n) is 4.44. The summed E-state index contributed by atoms with van der Waals surface area (Å²) in [7, 11) is 0. The third-order valence-electron chi connectivity index (χ3n) is 6.08. The maximum absolute atomic E-state index is 12.8. The van der Waals surface area contributed by atoms with Crippen molar-refractivity contribution in [1.82, 2.24) is 9.55 Å². The molecule has 2 heterocycles. The first kappa shape index (κ1) is 28.4. The van der Waals surface area contributed by atoms with Crippen molar-refractivity contribution in [2.75, 3.05) is 11.9 Å². The first-order chi connectivity index (χ1) is 18.6. The van der Waals surface area contributed by atoms with Crippen LogP contribution in [0.1, 0.15) is 69.1 Å². The zero-order valence-electron chi connectivity index (χ0n) is 23.2. The molecule has 39 heavy (non-hydrogen) atoms. The van der Waals surface area contributed by atoms with Gasteiger partial charge in [-0.15, -0.1) is 0 Å². The predicted octanol–water partition coefficient (Wildman–Crippen LogP) is 7.76. The molecule has 0 aliphatic rings. The van der Waals surface area contributed by atoms with Crippen molar-refractivity contribution in [3.05, 3.63) is 69.7 Å². The van der Waals surface area contributed by atoms with E-state index in [4.69, 9.17) is 18.9 Å². The van der Waals surface area contributed by atoms with Crippen molar-refractivity contribution in [1.29, 1.82) is 0 Å². The highest BCUT2D eigenvalue weighted by Gasteiger charge is 2.24. The van der Waals surface area contributed by atoms with E-state index in [1.54, 1.807) is 13.0 Å². The summed E-state index contributed by atoms with van der Waals surface area (Å²) in [5, 5.41) is 3.71. The molecule has 0 saturated carbocycles. The van der Waals surface area contributed by atoms with E-state index in [2.05, 4.69) is 21.2 Å². The topological polar surface area (TPSA) is 95.6 Å². The summed E-state index contributed by atoms with van der Waals surface area (Å²) in [6.07, 6.45) is 0.788. The van der Waals surface area contributed by atoms with Gasteiger partial charge in [-0.2, -0.15) is 0 Å². The molecule has 9 heteroatoms. The highest BCUT2D eigenvalue weighted by molar-refractivity contribution is 9.10. The number of anilines is 1. The number of halogens is 1. The van der Waals surface area contributed by atoms with Crippen molar-refractivity contribution in [3.8, 4) is 11.3 Å². The highest BCUT2D eigenvalue weighted by Crippen LogP contribution is 2.41. The smallest absolute Gasteiger partial charge is 0.412 e. The Morgan fingerprint density at radius 1 is 1.08 bits per heavy atom. The number of carbonyl (C=O) groups is 2. The van der Waals surface area contributed by atoms with E-state index < -0.39 is 11.7 Å². The average Bonchev–Trinajstić information content (AvgIpc) is 3.40. The van der Waals surface area contributed by atoms with Crippen molar-refractivity contribution >= 4 is 44.6 Å². The van der Waals surface area contributed by atoms with E-state index in [0.29, 0.717) is 54.3 Å². The first-order valence-corrected chi connectivity index (χ1v) is 13.9. The van der Waals surface area contributed by atoms with Gasteiger partial charge in [-0.3, -0.25) is 5.32 Å². The number of carbonyl (C=O) groups excluding carboxylic acids is 2. The highest BCUT2D eigenvalue weighted by atomic mass is 79.9. The minimum Gasteiger partial charge on any atom is -0.461 e. The number of nitrogens with zero attached hydrogens (tertiary/aromatic N) is 2. The second kappa shape index (κ2) is 11.7. The maximum Gasteiger partial charge on any atom is 0.412 e. The molecule has 0 radical (unpaired) electrons. The second-order valence-electron chi connectivity index (χ2n) is 10.1. The molecule has 0 spiro atoms. The monoisotopic (exact) mass is 595 g/mol. The van der Waals surface area contributed by atoms with E-state index in [9.17, 15) is 9.59 Å². The van der Waals surface area contributed by atoms with Gasteiger partial charge in [-0.25, -0.2) is 14.6 Å². The van der Waals surface area contributed by atoms with Crippen LogP contribution in [0, 0.1) is 0 Å². The number of ether oxygens (including phenoxy) is 2. The van der Waals surface area contributed by atoms with Crippen molar-refractivity contribution in [2.45, 2.75) is 66.5 Å². The lowest BCUT2D eigenvalue weighted by Gasteiger charge is -2.20. The van der Waals surface area contributed by atoms with Gasteiger partial charge in [-0.1, -0.05) is 32.0 Å². The van der Waals surface area contributed by atoms with Crippen LogP contribution in [-0.4, -0.2) is 33.8 Å². The molecule has 4 aromatic rings. The molecule has 0 saturated heterocycles. The van der Waals surface area contributed by atoms with Crippen LogP contribution in [0.5, 0.6) is 0 Å². The number of para-hydroxylation sites is 1. The first-order valence-electron chi connectivity index (χ1n) is 13.1. The molecule has 4 rings (SSSR count). The van der Waals surface area contributed by atoms with Crippen LogP contribution in [0.3, 0.4) is 0 Å². The number of esters is 1. The molecule has 1 N–H and O–H groups in total. The zero-order chi connectivity index (χ0) is 28.3. The average molecular weight is 597 g/mol. The Labute approximate surface area is 236 Å². The Hall–Kier alpha value is -3.59. The van der Waals surface area contributed by atoms with Crippen LogP contribution >= 0.6 is 15.9 Å². The number of hydrogen-bond donors (Lipinski definition) is 1. The number of aryl methyl sites for hydroxylation is 2. The van der Waals surface area contributed by atoms with Gasteiger partial charge in [0.2, 0.25) is 0 Å². The van der Waals surface area contributed by atoms with Crippen molar-refractivity contribution < 1.29 is 23.5 Å². The molecule has 0 aliphatic heterocycles. The molecule has 2 aromatic heterocycles. The van der Waals surface area contributed by atoms with Gasteiger partial charge < -0.3 is 18.5 Å². The van der Waals surface area contributed by atoms with E-state index in [1.807, 2.05) is 75.6 Å². The number of fused-ring (bicyclic) bond motifs is 1. The molecule has 0 unspecified atom stereocenters. The number of benzene rings is 2. The van der Waals surface area contributed by atoms with Gasteiger partial charge in [-0.05, 0) is 79.9 Å². The zero-order valence-corrected chi connectivity index (χ0v) is 24.8. The third kappa shape index (κ3) is 6.19. The predicted molar refractivity (Wildman–Crippen MR) is 155 cm³/mol. The normalized spacial score (nSPS) is 11.6. The Balaban J connectivity index is 1.71. The minimum atomic E-state index is -0.618. The van der Waals surface area contributed by atoms with Crippen LogP contribution in [0.25, 0.3) is 22.3 Å². The number of nitrogens with one attached hydrogen (secondary N) is 1. The largest absolute Gasteiger partial charge is 0.461 e. The molecular weight excluding hydrogens is 562 g/mol. The maximum atomic E-state index is 12.8. The van der Waals surface area contributed by atoms with Crippen LogP contribution in [0.4, 0.5) is 10.5 Å². The molecular formula is C30H34BrN3O5.